The van der Waals surface area contributed by atoms with Gasteiger partial charge in [0.15, 0.2) is 0 Å². The number of hydrogen-bond acceptors (Lipinski definition) is 2. The fourth-order valence-corrected chi connectivity index (χ4v) is 1.93. The van der Waals surface area contributed by atoms with Crippen LogP contribution < -0.4 is 5.73 Å². The Morgan fingerprint density at radius 2 is 2.25 bits per heavy atom. The van der Waals surface area contributed by atoms with Gasteiger partial charge in [-0.05, 0) is 30.2 Å². The third-order valence-corrected chi connectivity index (χ3v) is 2.70. The molecule has 16 heavy (non-hydrogen) atoms. The van der Waals surface area contributed by atoms with Crippen LogP contribution >= 0.6 is 0 Å². The van der Waals surface area contributed by atoms with Crippen molar-refractivity contribution in [2.24, 2.45) is 7.05 Å². The molecule has 4 nitrogen and oxygen atoms in total. The molecule has 0 unspecified atom stereocenters. The molecule has 0 aliphatic rings. The summed E-state index contributed by atoms with van der Waals surface area (Å²) in [5, 5.41) is 9.72. The molecule has 0 saturated carbocycles. The first-order valence-electron chi connectivity index (χ1n) is 5.13. The number of rotatable bonds is 3. The number of anilines is 1. The number of benzene rings is 1. The molecule has 0 aliphatic heterocycles. The number of nitrogens with two attached hydrogens (primary N) is 1. The van der Waals surface area contributed by atoms with Gasteiger partial charge in [0, 0.05) is 36.3 Å². The van der Waals surface area contributed by atoms with E-state index in [1.54, 1.807) is 0 Å². The first-order chi connectivity index (χ1) is 7.58. The summed E-state index contributed by atoms with van der Waals surface area (Å²) >= 11 is 0. The molecule has 0 bridgehead atoms. The minimum Gasteiger partial charge on any atom is -0.481 e. The zero-order valence-electron chi connectivity index (χ0n) is 9.10. The molecule has 0 fully saturated rings. The Balaban J connectivity index is 2.44. The summed E-state index contributed by atoms with van der Waals surface area (Å²) in [6.07, 6.45) is 2.65. The van der Waals surface area contributed by atoms with Crippen molar-refractivity contribution in [3.05, 3.63) is 30.0 Å². The Morgan fingerprint density at radius 3 is 2.94 bits per heavy atom. The number of carboxylic acids is 1. The van der Waals surface area contributed by atoms with E-state index >= 15 is 0 Å². The van der Waals surface area contributed by atoms with Crippen molar-refractivity contribution in [2.45, 2.75) is 12.8 Å². The summed E-state index contributed by atoms with van der Waals surface area (Å²) < 4.78 is 1.99. The van der Waals surface area contributed by atoms with Gasteiger partial charge >= 0.3 is 5.97 Å². The van der Waals surface area contributed by atoms with Gasteiger partial charge in [0.05, 0.1) is 0 Å². The maximum Gasteiger partial charge on any atom is 0.303 e. The average Bonchev–Trinajstić information content (AvgIpc) is 2.52. The van der Waals surface area contributed by atoms with Gasteiger partial charge in [-0.2, -0.15) is 0 Å². The minimum absolute atomic E-state index is 0.147. The topological polar surface area (TPSA) is 68.2 Å². The molecule has 0 atom stereocenters. The predicted octanol–water partition coefficient (Wildman–Crippen LogP) is 1.78. The van der Waals surface area contributed by atoms with Gasteiger partial charge in [0.1, 0.15) is 0 Å². The van der Waals surface area contributed by atoms with Crippen molar-refractivity contribution in [3.63, 3.8) is 0 Å². The molecule has 0 radical (unpaired) electrons. The van der Waals surface area contributed by atoms with Gasteiger partial charge in [0.2, 0.25) is 0 Å². The number of nitrogens with zero attached hydrogens (tertiary/aromatic N) is 1. The van der Waals surface area contributed by atoms with E-state index in [0.717, 1.165) is 16.5 Å². The van der Waals surface area contributed by atoms with Crippen LogP contribution in [0.3, 0.4) is 0 Å². The molecular weight excluding hydrogens is 204 g/mol. The highest BCUT2D eigenvalue weighted by atomic mass is 16.4. The maximum absolute atomic E-state index is 10.6. The smallest absolute Gasteiger partial charge is 0.303 e. The van der Waals surface area contributed by atoms with Crippen LogP contribution in [0, 0.1) is 0 Å². The molecule has 3 N–H and O–H groups in total. The average molecular weight is 218 g/mol. The van der Waals surface area contributed by atoms with Gasteiger partial charge in [-0.25, -0.2) is 0 Å². The summed E-state index contributed by atoms with van der Waals surface area (Å²) in [7, 11) is 1.95. The summed E-state index contributed by atoms with van der Waals surface area (Å²) in [6, 6.07) is 5.70. The molecule has 1 aromatic carbocycles. The van der Waals surface area contributed by atoms with Crippen molar-refractivity contribution < 1.29 is 9.90 Å². The number of aliphatic carboxylic acids is 1. The summed E-state index contributed by atoms with van der Waals surface area (Å²) in [4.78, 5) is 10.6. The Hall–Kier alpha value is -1.97. The van der Waals surface area contributed by atoms with Crippen LogP contribution in [0.2, 0.25) is 0 Å². The van der Waals surface area contributed by atoms with E-state index in [0.29, 0.717) is 12.1 Å². The second-order valence-corrected chi connectivity index (χ2v) is 3.94. The summed E-state index contributed by atoms with van der Waals surface area (Å²) in [5.74, 6) is -0.777. The van der Waals surface area contributed by atoms with Crippen LogP contribution in [0.1, 0.15) is 12.0 Å². The zero-order chi connectivity index (χ0) is 11.7. The molecule has 0 saturated heterocycles. The van der Waals surface area contributed by atoms with Crippen molar-refractivity contribution >= 4 is 22.6 Å². The Bertz CT molecular complexity index is 543. The van der Waals surface area contributed by atoms with Gasteiger partial charge in [0.25, 0.3) is 0 Å². The van der Waals surface area contributed by atoms with E-state index in [1.165, 1.54) is 0 Å². The number of hydrogen-bond donors (Lipinski definition) is 2. The molecule has 1 aromatic heterocycles. The van der Waals surface area contributed by atoms with E-state index in [1.807, 2.05) is 36.0 Å². The molecule has 0 amide bonds. The van der Waals surface area contributed by atoms with Crippen LogP contribution in [0.25, 0.3) is 10.9 Å². The minimum atomic E-state index is -0.777. The molecule has 0 spiro atoms. The van der Waals surface area contributed by atoms with E-state index in [2.05, 4.69) is 0 Å². The number of nitrogen functional groups attached to an aromatic ring is 1. The molecule has 1 heterocycles. The summed E-state index contributed by atoms with van der Waals surface area (Å²) in [5.41, 5.74) is 8.55. The van der Waals surface area contributed by atoms with Crippen molar-refractivity contribution in [1.29, 1.82) is 0 Å². The molecule has 84 valence electrons. The van der Waals surface area contributed by atoms with Crippen LogP contribution in [0.5, 0.6) is 0 Å². The van der Waals surface area contributed by atoms with E-state index in [9.17, 15) is 4.79 Å². The second kappa shape index (κ2) is 3.89. The van der Waals surface area contributed by atoms with Crippen molar-refractivity contribution in [2.75, 3.05) is 5.73 Å². The van der Waals surface area contributed by atoms with E-state index in [4.69, 9.17) is 10.8 Å². The lowest BCUT2D eigenvalue weighted by atomic mass is 10.1. The van der Waals surface area contributed by atoms with Crippen LogP contribution in [0.15, 0.2) is 24.4 Å². The summed E-state index contributed by atoms with van der Waals surface area (Å²) in [6.45, 7) is 0. The normalized spacial score (nSPS) is 10.8. The molecule has 4 heteroatoms. The first-order valence-corrected chi connectivity index (χ1v) is 5.13. The lowest BCUT2D eigenvalue weighted by molar-refractivity contribution is -0.136. The number of aryl methyl sites for hydroxylation is 2. The van der Waals surface area contributed by atoms with Crippen LogP contribution in [0.4, 0.5) is 5.69 Å². The Labute approximate surface area is 93.3 Å². The zero-order valence-corrected chi connectivity index (χ0v) is 9.10. The maximum atomic E-state index is 10.6. The highest BCUT2D eigenvalue weighted by molar-refractivity contribution is 5.87. The number of carboxylic acid groups (broad SMARTS) is 1. The lowest BCUT2D eigenvalue weighted by Crippen LogP contribution is -1.96. The molecule has 2 rings (SSSR count). The standard InChI is InChI=1S/C12H14N2O2/c1-14-7-8(2-5-12(15)16)10-6-9(13)3-4-11(10)14/h3-4,6-7H,2,5,13H2,1H3,(H,15,16). The largest absolute Gasteiger partial charge is 0.481 e. The lowest BCUT2D eigenvalue weighted by Gasteiger charge is -1.98. The number of fused-ring (bicyclic) bond motifs is 1. The fourth-order valence-electron chi connectivity index (χ4n) is 1.93. The van der Waals surface area contributed by atoms with Crippen molar-refractivity contribution in [1.82, 2.24) is 4.57 Å². The third-order valence-electron chi connectivity index (χ3n) is 2.70. The van der Waals surface area contributed by atoms with Gasteiger partial charge in [-0.3, -0.25) is 4.79 Å². The SMILES string of the molecule is Cn1cc(CCC(=O)O)c2cc(N)ccc21. The van der Waals surface area contributed by atoms with Crippen LogP contribution in [-0.4, -0.2) is 15.6 Å². The molecule has 2 aromatic rings. The number of aromatic nitrogens is 1. The predicted molar refractivity (Wildman–Crippen MR) is 63.3 cm³/mol. The molecule has 0 aliphatic carbocycles. The van der Waals surface area contributed by atoms with Gasteiger partial charge in [-0.1, -0.05) is 0 Å². The third kappa shape index (κ3) is 1.86. The Morgan fingerprint density at radius 1 is 1.50 bits per heavy atom. The first kappa shape index (κ1) is 10.5. The monoisotopic (exact) mass is 218 g/mol. The highest BCUT2D eigenvalue weighted by Gasteiger charge is 2.08. The van der Waals surface area contributed by atoms with Crippen LogP contribution in [-0.2, 0) is 18.3 Å². The van der Waals surface area contributed by atoms with Gasteiger partial charge < -0.3 is 15.4 Å². The molecular formula is C12H14N2O2. The van der Waals surface area contributed by atoms with E-state index < -0.39 is 5.97 Å². The quantitative estimate of drug-likeness (QED) is 0.771. The Kier molecular flexibility index (Phi) is 2.56. The van der Waals surface area contributed by atoms with Crippen molar-refractivity contribution in [3.8, 4) is 0 Å². The number of carbonyl (C=O) groups is 1. The second-order valence-electron chi connectivity index (χ2n) is 3.94. The fraction of sp³-hybridized carbons (Fsp3) is 0.250. The van der Waals surface area contributed by atoms with E-state index in [-0.39, 0.29) is 6.42 Å². The highest BCUT2D eigenvalue weighted by Crippen LogP contribution is 2.24. The van der Waals surface area contributed by atoms with Gasteiger partial charge in [-0.15, -0.1) is 0 Å².